The van der Waals surface area contributed by atoms with Crippen LogP contribution in [0.2, 0.25) is 0 Å². The minimum Gasteiger partial charge on any atom is -0.508 e. The van der Waals surface area contributed by atoms with E-state index >= 15 is 0 Å². The Morgan fingerprint density at radius 3 is 1.93 bits per heavy atom. The van der Waals surface area contributed by atoms with E-state index in [4.69, 9.17) is 0 Å². The average molecular weight is 363 g/mol. The van der Waals surface area contributed by atoms with Crippen LogP contribution in [-0.4, -0.2) is 5.11 Å². The van der Waals surface area contributed by atoms with Gasteiger partial charge in [-0.15, -0.1) is 0 Å². The Morgan fingerprint density at radius 1 is 0.741 bits per heavy atom. The van der Waals surface area contributed by atoms with E-state index < -0.39 is 0 Å². The van der Waals surface area contributed by atoms with Gasteiger partial charge < -0.3 is 5.11 Å². The quantitative estimate of drug-likeness (QED) is 0.600. The van der Waals surface area contributed by atoms with Crippen molar-refractivity contribution in [3.63, 3.8) is 0 Å². The second-order valence-electron chi connectivity index (χ2n) is 9.25. The summed E-state index contributed by atoms with van der Waals surface area (Å²) in [5, 5.41) is 9.52. The largest absolute Gasteiger partial charge is 0.508 e. The molecular formula is C26H34O. The highest BCUT2D eigenvalue weighted by molar-refractivity contribution is 5.68. The van der Waals surface area contributed by atoms with Gasteiger partial charge in [0.1, 0.15) is 5.75 Å². The van der Waals surface area contributed by atoms with Crippen molar-refractivity contribution in [3.8, 4) is 16.9 Å². The predicted molar refractivity (Wildman–Crippen MR) is 114 cm³/mol. The van der Waals surface area contributed by atoms with Crippen LogP contribution in [0.4, 0.5) is 0 Å². The molecule has 27 heavy (non-hydrogen) atoms. The van der Waals surface area contributed by atoms with E-state index in [0.29, 0.717) is 5.75 Å². The van der Waals surface area contributed by atoms with Gasteiger partial charge in [-0.1, -0.05) is 50.1 Å². The van der Waals surface area contributed by atoms with Crippen molar-refractivity contribution in [1.29, 1.82) is 0 Å². The van der Waals surface area contributed by atoms with Gasteiger partial charge >= 0.3 is 0 Å². The van der Waals surface area contributed by atoms with Gasteiger partial charge in [-0.2, -0.15) is 0 Å². The van der Waals surface area contributed by atoms with Crippen LogP contribution in [-0.2, 0) is 0 Å². The topological polar surface area (TPSA) is 20.2 Å². The van der Waals surface area contributed by atoms with E-state index in [1.807, 2.05) is 12.1 Å². The molecule has 0 heterocycles. The highest BCUT2D eigenvalue weighted by Gasteiger charge is 2.30. The molecule has 0 bridgehead atoms. The molecule has 144 valence electrons. The van der Waals surface area contributed by atoms with E-state index in [-0.39, 0.29) is 0 Å². The summed E-state index contributed by atoms with van der Waals surface area (Å²) in [5.41, 5.74) is 5.35. The van der Waals surface area contributed by atoms with Gasteiger partial charge in [0.25, 0.3) is 0 Å². The monoisotopic (exact) mass is 362 g/mol. The fourth-order valence-electron chi connectivity index (χ4n) is 5.59. The Bertz CT molecular complexity index is 744. The van der Waals surface area contributed by atoms with Crippen LogP contribution in [0.15, 0.2) is 42.5 Å². The van der Waals surface area contributed by atoms with Crippen LogP contribution < -0.4 is 0 Å². The Hall–Kier alpha value is -1.76. The minimum atomic E-state index is 0.331. The number of phenols is 1. The third kappa shape index (κ3) is 4.23. The maximum Gasteiger partial charge on any atom is 0.115 e. The normalized spacial score (nSPS) is 28.8. The molecule has 0 unspecified atom stereocenters. The first-order chi connectivity index (χ1) is 13.1. The van der Waals surface area contributed by atoms with Crippen LogP contribution >= 0.6 is 0 Å². The molecule has 1 nitrogen and oxygen atoms in total. The molecule has 0 spiro atoms. The zero-order valence-corrected chi connectivity index (χ0v) is 17.0. The number of benzene rings is 2. The first kappa shape index (κ1) is 18.6. The standard InChI is InChI=1S/C26H34O/c1-18-3-5-20(6-4-18)21-7-9-22(10-8-21)24-13-16-26(19(2)17-24)23-11-14-25(27)15-12-23/h11-18,20-22,27H,3-10H2,1-2H3. The van der Waals surface area contributed by atoms with Crippen molar-refractivity contribution >= 4 is 0 Å². The molecule has 1 heteroatoms. The second-order valence-corrected chi connectivity index (χ2v) is 9.25. The number of rotatable bonds is 3. The molecule has 2 aliphatic rings. The molecule has 4 rings (SSSR count). The second kappa shape index (κ2) is 8.09. The first-order valence-corrected chi connectivity index (χ1v) is 11.0. The summed E-state index contributed by atoms with van der Waals surface area (Å²) in [6.45, 7) is 4.65. The van der Waals surface area contributed by atoms with Crippen molar-refractivity contribution < 1.29 is 5.11 Å². The number of aryl methyl sites for hydroxylation is 1. The molecule has 2 saturated carbocycles. The summed E-state index contributed by atoms with van der Waals surface area (Å²) in [4.78, 5) is 0. The van der Waals surface area contributed by atoms with Gasteiger partial charge in [0, 0.05) is 0 Å². The Kier molecular flexibility index (Phi) is 5.57. The molecule has 0 amide bonds. The molecule has 0 radical (unpaired) electrons. The summed E-state index contributed by atoms with van der Waals surface area (Å²) < 4.78 is 0. The van der Waals surface area contributed by atoms with E-state index in [1.54, 1.807) is 12.1 Å². The van der Waals surface area contributed by atoms with Gasteiger partial charge in [-0.3, -0.25) is 0 Å². The Labute approximate surface area is 164 Å². The van der Waals surface area contributed by atoms with Gasteiger partial charge in [-0.25, -0.2) is 0 Å². The van der Waals surface area contributed by atoms with Gasteiger partial charge in [0.2, 0.25) is 0 Å². The van der Waals surface area contributed by atoms with E-state index in [0.717, 1.165) is 23.7 Å². The third-order valence-corrected chi connectivity index (χ3v) is 7.40. The lowest BCUT2D eigenvalue weighted by Crippen LogP contribution is -2.24. The van der Waals surface area contributed by atoms with Crippen LogP contribution in [0.25, 0.3) is 11.1 Å². The number of hydrogen-bond acceptors (Lipinski definition) is 1. The maximum absolute atomic E-state index is 9.52. The van der Waals surface area contributed by atoms with Crippen LogP contribution in [0, 0.1) is 24.7 Å². The van der Waals surface area contributed by atoms with E-state index in [1.165, 1.54) is 73.6 Å². The number of aromatic hydroxyl groups is 1. The van der Waals surface area contributed by atoms with Crippen LogP contribution in [0.3, 0.4) is 0 Å². The molecule has 2 aliphatic carbocycles. The molecule has 0 aromatic heterocycles. The van der Waals surface area contributed by atoms with Crippen molar-refractivity contribution in [3.05, 3.63) is 53.6 Å². The zero-order valence-electron chi connectivity index (χ0n) is 17.0. The van der Waals surface area contributed by atoms with Crippen LogP contribution in [0.1, 0.15) is 75.3 Å². The molecule has 2 aromatic carbocycles. The molecule has 2 aromatic rings. The fraction of sp³-hybridized carbons (Fsp3) is 0.538. The first-order valence-electron chi connectivity index (χ1n) is 11.0. The number of hydrogen-bond donors (Lipinski definition) is 1. The summed E-state index contributed by atoms with van der Waals surface area (Å²) in [7, 11) is 0. The maximum atomic E-state index is 9.52. The SMILES string of the molecule is Cc1cc(C2CCC(C3CCC(C)CC3)CC2)ccc1-c1ccc(O)cc1. The number of phenolic OH excluding ortho intramolecular Hbond substituents is 1. The Morgan fingerprint density at radius 2 is 1.33 bits per heavy atom. The molecule has 0 saturated heterocycles. The average Bonchev–Trinajstić information content (AvgIpc) is 2.69. The van der Waals surface area contributed by atoms with Crippen molar-refractivity contribution in [2.24, 2.45) is 17.8 Å². The zero-order chi connectivity index (χ0) is 18.8. The van der Waals surface area contributed by atoms with Crippen molar-refractivity contribution in [2.45, 2.75) is 71.1 Å². The predicted octanol–water partition coefficient (Wildman–Crippen LogP) is 7.47. The summed E-state index contributed by atoms with van der Waals surface area (Å²) >= 11 is 0. The lowest BCUT2D eigenvalue weighted by molar-refractivity contribution is 0.165. The molecular weight excluding hydrogens is 328 g/mol. The summed E-state index contributed by atoms with van der Waals surface area (Å²) in [5.74, 6) is 4.05. The van der Waals surface area contributed by atoms with E-state index in [2.05, 4.69) is 32.0 Å². The van der Waals surface area contributed by atoms with Crippen LogP contribution in [0.5, 0.6) is 5.75 Å². The summed E-state index contributed by atoms with van der Waals surface area (Å²) in [6.07, 6.45) is 11.5. The minimum absolute atomic E-state index is 0.331. The van der Waals surface area contributed by atoms with Gasteiger partial charge in [0.15, 0.2) is 0 Å². The molecule has 1 N–H and O–H groups in total. The highest BCUT2D eigenvalue weighted by atomic mass is 16.3. The van der Waals surface area contributed by atoms with E-state index in [9.17, 15) is 5.11 Å². The lowest BCUT2D eigenvalue weighted by atomic mass is 9.68. The molecule has 0 aliphatic heterocycles. The molecule has 0 atom stereocenters. The summed E-state index contributed by atoms with van der Waals surface area (Å²) in [6, 6.07) is 14.6. The van der Waals surface area contributed by atoms with Crippen molar-refractivity contribution in [2.75, 3.05) is 0 Å². The lowest BCUT2D eigenvalue weighted by Gasteiger charge is -2.37. The fourth-order valence-corrected chi connectivity index (χ4v) is 5.59. The highest BCUT2D eigenvalue weighted by Crippen LogP contribution is 2.44. The molecule has 2 fully saturated rings. The van der Waals surface area contributed by atoms with Gasteiger partial charge in [-0.05, 0) is 104 Å². The van der Waals surface area contributed by atoms with Crippen molar-refractivity contribution in [1.82, 2.24) is 0 Å². The smallest absolute Gasteiger partial charge is 0.115 e. The third-order valence-electron chi connectivity index (χ3n) is 7.40. The van der Waals surface area contributed by atoms with Gasteiger partial charge in [0.05, 0.1) is 0 Å². The Balaban J connectivity index is 1.40.